The maximum atomic E-state index is 12.8. The Labute approximate surface area is 133 Å². The SMILES string of the molecule is COC(=O)c1cccc(COC(=O)/C=C/c2ccc(F)cc2)c1. The number of esters is 2. The molecule has 0 radical (unpaired) electrons. The summed E-state index contributed by atoms with van der Waals surface area (Å²) in [5.74, 6) is -1.32. The van der Waals surface area contributed by atoms with Gasteiger partial charge in [0, 0.05) is 6.08 Å². The number of rotatable bonds is 5. The summed E-state index contributed by atoms with van der Waals surface area (Å²) in [7, 11) is 1.30. The number of carbonyl (C=O) groups excluding carboxylic acids is 2. The normalized spacial score (nSPS) is 10.5. The zero-order valence-corrected chi connectivity index (χ0v) is 12.5. The van der Waals surface area contributed by atoms with Crippen molar-refractivity contribution in [1.82, 2.24) is 0 Å². The molecule has 2 aromatic rings. The van der Waals surface area contributed by atoms with Gasteiger partial charge in [0.2, 0.25) is 0 Å². The van der Waals surface area contributed by atoms with E-state index in [0.29, 0.717) is 16.7 Å². The average molecular weight is 314 g/mol. The van der Waals surface area contributed by atoms with Crippen molar-refractivity contribution in [2.45, 2.75) is 6.61 Å². The van der Waals surface area contributed by atoms with Crippen LogP contribution in [0.5, 0.6) is 0 Å². The molecule has 0 saturated heterocycles. The lowest BCUT2D eigenvalue weighted by Gasteiger charge is -2.04. The van der Waals surface area contributed by atoms with Crippen molar-refractivity contribution in [3.05, 3.63) is 77.1 Å². The van der Waals surface area contributed by atoms with Crippen molar-refractivity contribution in [2.75, 3.05) is 7.11 Å². The van der Waals surface area contributed by atoms with Gasteiger partial charge < -0.3 is 9.47 Å². The summed E-state index contributed by atoms with van der Waals surface area (Å²) in [5, 5.41) is 0. The summed E-state index contributed by atoms with van der Waals surface area (Å²) in [6.07, 6.45) is 2.80. The lowest BCUT2D eigenvalue weighted by atomic mass is 10.1. The quantitative estimate of drug-likeness (QED) is 0.627. The predicted octanol–water partition coefficient (Wildman–Crippen LogP) is 3.37. The van der Waals surface area contributed by atoms with Crippen molar-refractivity contribution in [3.63, 3.8) is 0 Å². The first-order valence-corrected chi connectivity index (χ1v) is 6.86. The number of methoxy groups -OCH3 is 1. The molecule has 0 fully saturated rings. The van der Waals surface area contributed by atoms with E-state index in [1.54, 1.807) is 36.4 Å². The Morgan fingerprint density at radius 3 is 2.57 bits per heavy atom. The second kappa shape index (κ2) is 7.89. The van der Waals surface area contributed by atoms with E-state index in [-0.39, 0.29) is 12.4 Å². The second-order valence-electron chi connectivity index (χ2n) is 4.68. The Hall–Kier alpha value is -2.95. The fourth-order valence-electron chi connectivity index (χ4n) is 1.85. The van der Waals surface area contributed by atoms with Gasteiger partial charge in [-0.1, -0.05) is 24.3 Å². The maximum absolute atomic E-state index is 12.8. The molecule has 0 aliphatic carbocycles. The molecule has 4 nitrogen and oxygen atoms in total. The van der Waals surface area contributed by atoms with Crippen LogP contribution in [0, 0.1) is 5.82 Å². The van der Waals surface area contributed by atoms with Gasteiger partial charge in [-0.2, -0.15) is 0 Å². The van der Waals surface area contributed by atoms with Crippen LogP contribution in [0.4, 0.5) is 4.39 Å². The minimum absolute atomic E-state index is 0.0391. The van der Waals surface area contributed by atoms with Crippen molar-refractivity contribution in [3.8, 4) is 0 Å². The number of carbonyl (C=O) groups is 2. The van der Waals surface area contributed by atoms with Crippen molar-refractivity contribution < 1.29 is 23.5 Å². The van der Waals surface area contributed by atoms with E-state index >= 15 is 0 Å². The fraction of sp³-hybridized carbons (Fsp3) is 0.111. The second-order valence-corrected chi connectivity index (χ2v) is 4.68. The van der Waals surface area contributed by atoms with Crippen LogP contribution >= 0.6 is 0 Å². The van der Waals surface area contributed by atoms with Gasteiger partial charge >= 0.3 is 11.9 Å². The first-order chi connectivity index (χ1) is 11.1. The molecule has 0 atom stereocenters. The molecule has 0 aliphatic heterocycles. The molecule has 118 valence electrons. The summed E-state index contributed by atoms with van der Waals surface area (Å²) < 4.78 is 22.5. The van der Waals surface area contributed by atoms with Gasteiger partial charge in [-0.25, -0.2) is 14.0 Å². The standard InChI is InChI=1S/C18H15FO4/c1-22-18(21)15-4-2-3-14(11-15)12-23-17(20)10-7-13-5-8-16(19)9-6-13/h2-11H,12H2,1H3/b10-7+. The maximum Gasteiger partial charge on any atom is 0.337 e. The van der Waals surface area contributed by atoms with Crippen LogP contribution < -0.4 is 0 Å². The number of hydrogen-bond donors (Lipinski definition) is 0. The minimum atomic E-state index is -0.530. The summed E-state index contributed by atoms with van der Waals surface area (Å²) in [4.78, 5) is 23.1. The summed E-state index contributed by atoms with van der Waals surface area (Å²) in [5.41, 5.74) is 1.76. The Kier molecular flexibility index (Phi) is 5.63. The topological polar surface area (TPSA) is 52.6 Å². The molecule has 0 bridgehead atoms. The number of hydrogen-bond acceptors (Lipinski definition) is 4. The molecule has 0 saturated carbocycles. The van der Waals surface area contributed by atoms with Crippen molar-refractivity contribution in [2.24, 2.45) is 0 Å². The highest BCUT2D eigenvalue weighted by Crippen LogP contribution is 2.09. The highest BCUT2D eigenvalue weighted by atomic mass is 19.1. The first kappa shape index (κ1) is 16.4. The predicted molar refractivity (Wildman–Crippen MR) is 83.0 cm³/mol. The third-order valence-electron chi connectivity index (χ3n) is 3.01. The molecule has 0 N–H and O–H groups in total. The molecule has 5 heteroatoms. The molecule has 0 spiro atoms. The lowest BCUT2D eigenvalue weighted by Crippen LogP contribution is -2.04. The molecular weight excluding hydrogens is 299 g/mol. The van der Waals surface area contributed by atoms with Crippen LogP contribution in [-0.2, 0) is 20.9 Å². The number of halogens is 1. The fourth-order valence-corrected chi connectivity index (χ4v) is 1.85. The molecular formula is C18H15FO4. The van der Waals surface area contributed by atoms with E-state index in [1.807, 2.05) is 0 Å². The molecule has 0 heterocycles. The van der Waals surface area contributed by atoms with Gasteiger partial charge in [-0.15, -0.1) is 0 Å². The van der Waals surface area contributed by atoms with Crippen LogP contribution in [0.25, 0.3) is 6.08 Å². The highest BCUT2D eigenvalue weighted by molar-refractivity contribution is 5.89. The molecule has 0 unspecified atom stereocenters. The third-order valence-corrected chi connectivity index (χ3v) is 3.01. The van der Waals surface area contributed by atoms with E-state index in [0.717, 1.165) is 0 Å². The molecule has 2 rings (SSSR count). The van der Waals surface area contributed by atoms with Crippen LogP contribution in [0.15, 0.2) is 54.6 Å². The van der Waals surface area contributed by atoms with Crippen LogP contribution in [0.1, 0.15) is 21.5 Å². The Morgan fingerprint density at radius 2 is 1.87 bits per heavy atom. The van der Waals surface area contributed by atoms with E-state index in [2.05, 4.69) is 4.74 Å². The minimum Gasteiger partial charge on any atom is -0.465 e. The van der Waals surface area contributed by atoms with Gasteiger partial charge in [0.05, 0.1) is 12.7 Å². The zero-order chi connectivity index (χ0) is 16.7. The lowest BCUT2D eigenvalue weighted by molar-refractivity contribution is -0.138. The molecule has 23 heavy (non-hydrogen) atoms. The number of ether oxygens (including phenoxy) is 2. The smallest absolute Gasteiger partial charge is 0.337 e. The summed E-state index contributed by atoms with van der Waals surface area (Å²) in [6.45, 7) is 0.0391. The Bertz CT molecular complexity index is 720. The van der Waals surface area contributed by atoms with E-state index < -0.39 is 11.9 Å². The Balaban J connectivity index is 1.91. The van der Waals surface area contributed by atoms with Gasteiger partial charge in [-0.3, -0.25) is 0 Å². The summed E-state index contributed by atoms with van der Waals surface area (Å²) in [6, 6.07) is 12.4. The largest absolute Gasteiger partial charge is 0.465 e. The average Bonchev–Trinajstić information content (AvgIpc) is 2.59. The molecule has 0 aliphatic rings. The third kappa shape index (κ3) is 5.07. The van der Waals surface area contributed by atoms with Crippen LogP contribution in [0.2, 0.25) is 0 Å². The van der Waals surface area contributed by atoms with E-state index in [9.17, 15) is 14.0 Å². The van der Waals surface area contributed by atoms with Crippen LogP contribution in [0.3, 0.4) is 0 Å². The van der Waals surface area contributed by atoms with Crippen molar-refractivity contribution >= 4 is 18.0 Å². The zero-order valence-electron chi connectivity index (χ0n) is 12.5. The monoisotopic (exact) mass is 314 g/mol. The van der Waals surface area contributed by atoms with Crippen LogP contribution in [-0.4, -0.2) is 19.0 Å². The van der Waals surface area contributed by atoms with Crippen molar-refractivity contribution in [1.29, 1.82) is 0 Å². The molecule has 2 aromatic carbocycles. The van der Waals surface area contributed by atoms with E-state index in [4.69, 9.17) is 4.74 Å². The highest BCUT2D eigenvalue weighted by Gasteiger charge is 2.06. The molecule has 0 amide bonds. The molecule has 0 aromatic heterocycles. The summed E-state index contributed by atoms with van der Waals surface area (Å²) >= 11 is 0. The van der Waals surface area contributed by atoms with E-state index in [1.165, 1.54) is 31.4 Å². The van der Waals surface area contributed by atoms with Gasteiger partial charge in [0.25, 0.3) is 0 Å². The Morgan fingerprint density at radius 1 is 1.13 bits per heavy atom. The van der Waals surface area contributed by atoms with Gasteiger partial charge in [0.1, 0.15) is 12.4 Å². The first-order valence-electron chi connectivity index (χ1n) is 6.86. The van der Waals surface area contributed by atoms with Gasteiger partial charge in [0.15, 0.2) is 0 Å². The number of benzene rings is 2. The van der Waals surface area contributed by atoms with Gasteiger partial charge in [-0.05, 0) is 41.5 Å².